The third-order valence-electron chi connectivity index (χ3n) is 3.14. The van der Waals surface area contributed by atoms with Gasteiger partial charge in [-0.1, -0.05) is 30.3 Å². The fourth-order valence-electron chi connectivity index (χ4n) is 2.09. The van der Waals surface area contributed by atoms with Gasteiger partial charge < -0.3 is 4.74 Å². The van der Waals surface area contributed by atoms with E-state index in [4.69, 9.17) is 4.74 Å². The van der Waals surface area contributed by atoms with Crippen LogP contribution in [0.15, 0.2) is 42.5 Å². The minimum absolute atomic E-state index is 0.0155. The molecule has 0 aliphatic rings. The molecule has 2 rings (SSSR count). The monoisotopic (exact) mass is 299 g/mol. The summed E-state index contributed by atoms with van der Waals surface area (Å²) in [5.74, 6) is 0.238. The van der Waals surface area contributed by atoms with Gasteiger partial charge in [0.2, 0.25) is 0 Å². The number of nitro benzene ring substituents is 1. The molecule has 0 saturated heterocycles. The van der Waals surface area contributed by atoms with Crippen LogP contribution in [0.25, 0.3) is 11.1 Å². The Morgan fingerprint density at radius 2 is 1.68 bits per heavy atom. The number of benzene rings is 2. The van der Waals surface area contributed by atoms with Crippen LogP contribution in [0.3, 0.4) is 0 Å². The van der Waals surface area contributed by atoms with Crippen molar-refractivity contribution in [3.8, 4) is 16.9 Å². The first-order valence-corrected chi connectivity index (χ1v) is 6.95. The number of carbonyl (C=O) groups is 1. The molecule has 2 aromatic rings. The minimum atomic E-state index is -0.453. The highest BCUT2D eigenvalue weighted by Gasteiger charge is 2.17. The average Bonchev–Trinajstić information content (AvgIpc) is 2.47. The van der Waals surface area contributed by atoms with E-state index in [0.717, 1.165) is 5.56 Å². The van der Waals surface area contributed by atoms with Crippen LogP contribution < -0.4 is 4.74 Å². The molecule has 5 heteroatoms. The summed E-state index contributed by atoms with van der Waals surface area (Å²) in [4.78, 5) is 22.0. The van der Waals surface area contributed by atoms with Gasteiger partial charge in [-0.2, -0.15) is 0 Å². The van der Waals surface area contributed by atoms with Crippen LogP contribution in [0.2, 0.25) is 0 Å². The summed E-state index contributed by atoms with van der Waals surface area (Å²) in [6.45, 7) is 5.13. The number of nitrogens with zero attached hydrogens (tertiary/aromatic N) is 1. The van der Waals surface area contributed by atoms with Gasteiger partial charge in [-0.3, -0.25) is 14.9 Å². The highest BCUT2D eigenvalue weighted by molar-refractivity contribution is 5.94. The Bertz CT molecular complexity index is 705. The molecule has 0 radical (unpaired) electrons. The molecule has 0 fully saturated rings. The Morgan fingerprint density at radius 3 is 2.18 bits per heavy atom. The molecule has 0 saturated carbocycles. The molecule has 0 N–H and O–H groups in total. The summed E-state index contributed by atoms with van der Waals surface area (Å²) in [5.41, 5.74) is 2.06. The maximum atomic E-state index is 11.3. The van der Waals surface area contributed by atoms with E-state index in [1.807, 2.05) is 13.8 Å². The van der Waals surface area contributed by atoms with Crippen molar-refractivity contribution in [2.75, 3.05) is 0 Å². The van der Waals surface area contributed by atoms with Gasteiger partial charge in [-0.05, 0) is 38.0 Å². The number of rotatable bonds is 5. The van der Waals surface area contributed by atoms with Gasteiger partial charge in [0.05, 0.1) is 11.0 Å². The van der Waals surface area contributed by atoms with Crippen molar-refractivity contribution in [1.29, 1.82) is 0 Å². The standard InChI is InChI=1S/C17H17NO4/c1-11(2)22-17-9-8-15(10-16(17)18(20)21)14-6-4-13(5-7-14)12(3)19/h4-11H,1-3H3. The lowest BCUT2D eigenvalue weighted by molar-refractivity contribution is -0.386. The first-order valence-electron chi connectivity index (χ1n) is 6.95. The molecule has 0 unspecified atom stereocenters. The molecule has 0 aliphatic carbocycles. The van der Waals surface area contributed by atoms with E-state index in [1.54, 1.807) is 36.4 Å². The lowest BCUT2D eigenvalue weighted by atomic mass is 10.0. The van der Waals surface area contributed by atoms with E-state index < -0.39 is 4.92 Å². The van der Waals surface area contributed by atoms with E-state index in [0.29, 0.717) is 11.1 Å². The first-order chi connectivity index (χ1) is 10.4. The van der Waals surface area contributed by atoms with Crippen molar-refractivity contribution in [1.82, 2.24) is 0 Å². The summed E-state index contributed by atoms with van der Waals surface area (Å²) in [6.07, 6.45) is -0.139. The normalized spacial score (nSPS) is 10.5. The van der Waals surface area contributed by atoms with Gasteiger partial charge in [-0.15, -0.1) is 0 Å². The Hall–Kier alpha value is -2.69. The summed E-state index contributed by atoms with van der Waals surface area (Å²) < 4.78 is 5.46. The molecule has 0 aliphatic heterocycles. The zero-order valence-electron chi connectivity index (χ0n) is 12.7. The van der Waals surface area contributed by atoms with Gasteiger partial charge in [0.1, 0.15) is 0 Å². The molecule has 0 amide bonds. The van der Waals surface area contributed by atoms with Crippen LogP contribution in [-0.2, 0) is 0 Å². The van der Waals surface area contributed by atoms with E-state index >= 15 is 0 Å². The summed E-state index contributed by atoms with van der Waals surface area (Å²) in [5, 5.41) is 11.2. The summed E-state index contributed by atoms with van der Waals surface area (Å²) in [7, 11) is 0. The van der Waals surface area contributed by atoms with Gasteiger partial charge in [-0.25, -0.2) is 0 Å². The molecule has 114 valence electrons. The highest BCUT2D eigenvalue weighted by Crippen LogP contribution is 2.33. The molecular weight excluding hydrogens is 282 g/mol. The molecule has 2 aromatic carbocycles. The molecule has 0 bridgehead atoms. The van der Waals surface area contributed by atoms with Crippen molar-refractivity contribution >= 4 is 11.5 Å². The third-order valence-corrected chi connectivity index (χ3v) is 3.14. The van der Waals surface area contributed by atoms with Crippen LogP contribution >= 0.6 is 0 Å². The predicted molar refractivity (Wildman–Crippen MR) is 84.3 cm³/mol. The Kier molecular flexibility index (Phi) is 4.56. The lowest BCUT2D eigenvalue weighted by Gasteiger charge is -2.11. The quantitative estimate of drug-likeness (QED) is 0.470. The van der Waals surface area contributed by atoms with E-state index in [1.165, 1.54) is 13.0 Å². The van der Waals surface area contributed by atoms with E-state index in [2.05, 4.69) is 0 Å². The van der Waals surface area contributed by atoms with Gasteiger partial charge in [0.15, 0.2) is 11.5 Å². The number of ether oxygens (including phenoxy) is 1. The van der Waals surface area contributed by atoms with Gasteiger partial charge in [0.25, 0.3) is 0 Å². The van der Waals surface area contributed by atoms with Crippen LogP contribution in [0, 0.1) is 10.1 Å². The second-order valence-corrected chi connectivity index (χ2v) is 5.24. The predicted octanol–water partition coefficient (Wildman–Crippen LogP) is 4.25. The van der Waals surface area contributed by atoms with Crippen molar-refractivity contribution in [2.45, 2.75) is 26.9 Å². The molecule has 22 heavy (non-hydrogen) atoms. The summed E-state index contributed by atoms with van der Waals surface area (Å²) in [6, 6.07) is 11.8. The van der Waals surface area contributed by atoms with Crippen LogP contribution in [0.4, 0.5) is 5.69 Å². The van der Waals surface area contributed by atoms with Crippen molar-refractivity contribution in [3.63, 3.8) is 0 Å². The molecule has 0 spiro atoms. The van der Waals surface area contributed by atoms with Gasteiger partial charge in [0, 0.05) is 11.6 Å². The number of Topliss-reactive ketones (excluding diaryl/α,β-unsaturated/α-hetero) is 1. The van der Waals surface area contributed by atoms with Crippen molar-refractivity contribution < 1.29 is 14.5 Å². The first kappa shape index (κ1) is 15.7. The topological polar surface area (TPSA) is 69.4 Å². The fraction of sp³-hybridized carbons (Fsp3) is 0.235. The molecule has 0 aromatic heterocycles. The number of hydrogen-bond donors (Lipinski definition) is 0. The summed E-state index contributed by atoms with van der Waals surface area (Å²) >= 11 is 0. The Balaban J connectivity index is 2.41. The smallest absolute Gasteiger partial charge is 0.311 e. The number of carbonyl (C=O) groups excluding carboxylic acids is 1. The zero-order chi connectivity index (χ0) is 16.3. The van der Waals surface area contributed by atoms with Crippen molar-refractivity contribution in [2.24, 2.45) is 0 Å². The van der Waals surface area contributed by atoms with E-state index in [-0.39, 0.29) is 23.3 Å². The molecular formula is C17H17NO4. The zero-order valence-corrected chi connectivity index (χ0v) is 12.7. The third kappa shape index (κ3) is 3.49. The molecule has 0 heterocycles. The Morgan fingerprint density at radius 1 is 1.09 bits per heavy atom. The number of ketones is 1. The molecule has 0 atom stereocenters. The SMILES string of the molecule is CC(=O)c1ccc(-c2ccc(OC(C)C)c([N+](=O)[O-])c2)cc1. The van der Waals surface area contributed by atoms with Crippen LogP contribution in [0.5, 0.6) is 5.75 Å². The second-order valence-electron chi connectivity index (χ2n) is 5.24. The highest BCUT2D eigenvalue weighted by atomic mass is 16.6. The van der Waals surface area contributed by atoms with Crippen LogP contribution in [-0.4, -0.2) is 16.8 Å². The average molecular weight is 299 g/mol. The second kappa shape index (κ2) is 6.39. The number of nitro groups is 1. The largest absolute Gasteiger partial charge is 0.484 e. The Labute approximate surface area is 128 Å². The fourth-order valence-corrected chi connectivity index (χ4v) is 2.09. The van der Waals surface area contributed by atoms with Crippen molar-refractivity contribution in [3.05, 3.63) is 58.1 Å². The molecule has 5 nitrogen and oxygen atoms in total. The van der Waals surface area contributed by atoms with Gasteiger partial charge >= 0.3 is 5.69 Å². The maximum absolute atomic E-state index is 11.3. The maximum Gasteiger partial charge on any atom is 0.311 e. The van der Waals surface area contributed by atoms with E-state index in [9.17, 15) is 14.9 Å². The van der Waals surface area contributed by atoms with Crippen LogP contribution in [0.1, 0.15) is 31.1 Å². The lowest BCUT2D eigenvalue weighted by Crippen LogP contribution is -2.07. The number of hydrogen-bond acceptors (Lipinski definition) is 4. The minimum Gasteiger partial charge on any atom is -0.484 e.